The van der Waals surface area contributed by atoms with Gasteiger partial charge in [0.1, 0.15) is 17.4 Å². The second kappa shape index (κ2) is 10.5. The van der Waals surface area contributed by atoms with Gasteiger partial charge in [-0.15, -0.1) is 0 Å². The zero-order chi connectivity index (χ0) is 27.7. The summed E-state index contributed by atoms with van der Waals surface area (Å²) in [7, 11) is 3.65. The van der Waals surface area contributed by atoms with Gasteiger partial charge in [0, 0.05) is 48.5 Å². The number of hydrogen-bond donors (Lipinski definition) is 2. The molecular formula is C31H34FN5O2. The van der Waals surface area contributed by atoms with Crippen LogP contribution in [0.15, 0.2) is 60.8 Å². The van der Waals surface area contributed by atoms with E-state index in [1.54, 1.807) is 25.4 Å². The largest absolute Gasteiger partial charge is 0.497 e. The van der Waals surface area contributed by atoms with E-state index in [-0.39, 0.29) is 17.1 Å². The summed E-state index contributed by atoms with van der Waals surface area (Å²) in [6.45, 7) is 6.96. The number of methoxy groups -OCH3 is 1. The molecule has 1 fully saturated rings. The highest BCUT2D eigenvalue weighted by atomic mass is 19.1. The van der Waals surface area contributed by atoms with Crippen LogP contribution in [0.25, 0.3) is 22.0 Å². The number of aromatic nitrogens is 2. The highest BCUT2D eigenvalue weighted by molar-refractivity contribution is 5.91. The van der Waals surface area contributed by atoms with E-state index in [4.69, 9.17) is 9.72 Å². The third-order valence-corrected chi connectivity index (χ3v) is 7.30. The lowest BCUT2D eigenvalue weighted by atomic mass is 9.68. The lowest BCUT2D eigenvalue weighted by molar-refractivity contribution is 0.132. The fourth-order valence-corrected chi connectivity index (χ4v) is 5.25. The lowest BCUT2D eigenvalue weighted by Gasteiger charge is -2.42. The van der Waals surface area contributed by atoms with Crippen LogP contribution in [-0.2, 0) is 6.54 Å². The Hall–Kier alpha value is -4.20. The third-order valence-electron chi connectivity index (χ3n) is 7.30. The van der Waals surface area contributed by atoms with Gasteiger partial charge in [-0.3, -0.25) is 4.98 Å². The van der Waals surface area contributed by atoms with Crippen LogP contribution in [0.2, 0.25) is 0 Å². The van der Waals surface area contributed by atoms with E-state index in [2.05, 4.69) is 34.4 Å². The molecule has 0 radical (unpaired) electrons. The van der Waals surface area contributed by atoms with Gasteiger partial charge in [0.2, 0.25) is 0 Å². The normalized spacial score (nSPS) is 14.5. The average Bonchev–Trinajstić information content (AvgIpc) is 2.88. The summed E-state index contributed by atoms with van der Waals surface area (Å²) in [5.74, 6) is 1.15. The molecule has 39 heavy (non-hydrogen) atoms. The number of rotatable bonds is 7. The predicted octanol–water partition coefficient (Wildman–Crippen LogP) is 6.70. The molecule has 2 aromatic heterocycles. The first kappa shape index (κ1) is 26.4. The van der Waals surface area contributed by atoms with E-state index >= 15 is 0 Å². The molecule has 0 aliphatic heterocycles. The fraction of sp³-hybridized carbons (Fsp3) is 0.323. The van der Waals surface area contributed by atoms with Crippen LogP contribution in [0.1, 0.15) is 37.9 Å². The third kappa shape index (κ3) is 5.95. The van der Waals surface area contributed by atoms with E-state index in [0.717, 1.165) is 57.7 Å². The molecule has 2 amide bonds. The molecule has 0 saturated heterocycles. The van der Waals surface area contributed by atoms with Crippen molar-refractivity contribution in [3.05, 3.63) is 77.9 Å². The fourth-order valence-electron chi connectivity index (χ4n) is 5.25. The number of pyridine rings is 2. The van der Waals surface area contributed by atoms with E-state index in [1.807, 2.05) is 50.4 Å². The number of amides is 2. The summed E-state index contributed by atoms with van der Waals surface area (Å²) in [6, 6.07) is 16.4. The molecule has 1 aliphatic rings. The van der Waals surface area contributed by atoms with Crippen molar-refractivity contribution in [2.75, 3.05) is 24.4 Å². The van der Waals surface area contributed by atoms with E-state index < -0.39 is 11.8 Å². The first-order chi connectivity index (χ1) is 18.6. The van der Waals surface area contributed by atoms with Gasteiger partial charge in [-0.05, 0) is 66.6 Å². The molecule has 8 heteroatoms. The second-order valence-electron chi connectivity index (χ2n) is 11.1. The van der Waals surface area contributed by atoms with Crippen LogP contribution in [0, 0.1) is 18.2 Å². The Bertz CT molecular complexity index is 1510. The molecule has 202 valence electrons. The Morgan fingerprint density at radius 1 is 1.13 bits per heavy atom. The molecule has 0 atom stereocenters. The number of nitrogens with zero attached hydrogens (tertiary/aromatic N) is 3. The minimum atomic E-state index is -0.486. The molecular weight excluding hydrogens is 493 g/mol. The number of fused-ring (bicyclic) bond motifs is 1. The van der Waals surface area contributed by atoms with Crippen molar-refractivity contribution in [2.24, 2.45) is 5.41 Å². The zero-order valence-corrected chi connectivity index (χ0v) is 23.0. The number of ether oxygens (including phenoxy) is 1. The maximum Gasteiger partial charge on any atom is 0.319 e. The van der Waals surface area contributed by atoms with Gasteiger partial charge in [-0.2, -0.15) is 0 Å². The summed E-state index contributed by atoms with van der Waals surface area (Å²) >= 11 is 0. The summed E-state index contributed by atoms with van der Waals surface area (Å²) in [5, 5.41) is 6.49. The number of urea groups is 1. The Labute approximate surface area is 228 Å². The van der Waals surface area contributed by atoms with Crippen LogP contribution in [0.5, 0.6) is 5.75 Å². The number of aryl methyl sites for hydroxylation is 1. The number of carbonyl (C=O) groups excluding carboxylic acids is 1. The molecule has 0 bridgehead atoms. The van der Waals surface area contributed by atoms with Crippen molar-refractivity contribution in [1.82, 2.24) is 15.3 Å². The highest BCUT2D eigenvalue weighted by Gasteiger charge is 2.36. The van der Waals surface area contributed by atoms with Gasteiger partial charge in [0.25, 0.3) is 0 Å². The Morgan fingerprint density at radius 2 is 1.87 bits per heavy atom. The Kier molecular flexibility index (Phi) is 7.12. The van der Waals surface area contributed by atoms with Crippen molar-refractivity contribution >= 4 is 28.4 Å². The van der Waals surface area contributed by atoms with Crippen LogP contribution in [0.4, 0.5) is 20.7 Å². The van der Waals surface area contributed by atoms with Gasteiger partial charge < -0.3 is 20.3 Å². The SMILES string of the molecule is COc1ccc(CN(C)c2cc3nc(C)c(-c4ccc(F)c(NC(=O)NC5CC(C)(C)C5)c4)cc3cn2)cc1. The monoisotopic (exact) mass is 527 g/mol. The zero-order valence-electron chi connectivity index (χ0n) is 23.0. The maximum absolute atomic E-state index is 14.6. The number of carbonyl (C=O) groups is 1. The number of halogens is 1. The van der Waals surface area contributed by atoms with Crippen LogP contribution >= 0.6 is 0 Å². The van der Waals surface area contributed by atoms with Crippen LogP contribution in [-0.4, -0.2) is 36.2 Å². The molecule has 2 aromatic carbocycles. The molecule has 4 aromatic rings. The highest BCUT2D eigenvalue weighted by Crippen LogP contribution is 2.39. The Morgan fingerprint density at radius 3 is 2.56 bits per heavy atom. The topological polar surface area (TPSA) is 79.4 Å². The molecule has 5 rings (SSSR count). The van der Waals surface area contributed by atoms with Gasteiger partial charge in [-0.1, -0.05) is 32.0 Å². The molecule has 0 unspecified atom stereocenters. The first-order valence-electron chi connectivity index (χ1n) is 13.1. The van der Waals surface area contributed by atoms with Crippen LogP contribution in [0.3, 0.4) is 0 Å². The van der Waals surface area contributed by atoms with Crippen molar-refractivity contribution in [2.45, 2.75) is 46.2 Å². The minimum absolute atomic E-state index is 0.116. The summed E-state index contributed by atoms with van der Waals surface area (Å²) in [4.78, 5) is 24.0. The quantitative estimate of drug-likeness (QED) is 0.280. The summed E-state index contributed by atoms with van der Waals surface area (Å²) < 4.78 is 19.8. The van der Waals surface area contributed by atoms with Crippen molar-refractivity contribution < 1.29 is 13.9 Å². The molecule has 2 N–H and O–H groups in total. The van der Waals surface area contributed by atoms with Crippen molar-refractivity contribution in [3.63, 3.8) is 0 Å². The predicted molar refractivity (Wildman–Crippen MR) is 154 cm³/mol. The summed E-state index contributed by atoms with van der Waals surface area (Å²) in [6.07, 6.45) is 3.64. The van der Waals surface area contributed by atoms with Crippen LogP contribution < -0.4 is 20.3 Å². The molecule has 0 spiro atoms. The number of benzene rings is 2. The molecule has 2 heterocycles. The maximum atomic E-state index is 14.6. The van der Waals surface area contributed by atoms with E-state index in [9.17, 15) is 9.18 Å². The van der Waals surface area contributed by atoms with Gasteiger partial charge >= 0.3 is 6.03 Å². The smallest absolute Gasteiger partial charge is 0.319 e. The Balaban J connectivity index is 1.33. The lowest BCUT2D eigenvalue weighted by Crippen LogP contribution is -2.49. The molecule has 1 aliphatic carbocycles. The number of nitrogens with one attached hydrogen (secondary N) is 2. The minimum Gasteiger partial charge on any atom is -0.497 e. The van der Waals surface area contributed by atoms with Gasteiger partial charge in [0.05, 0.1) is 18.3 Å². The van der Waals surface area contributed by atoms with Gasteiger partial charge in [0.15, 0.2) is 0 Å². The first-order valence-corrected chi connectivity index (χ1v) is 13.1. The van der Waals surface area contributed by atoms with E-state index in [1.165, 1.54) is 6.07 Å². The average molecular weight is 528 g/mol. The molecule has 7 nitrogen and oxygen atoms in total. The summed E-state index contributed by atoms with van der Waals surface area (Å²) in [5.41, 5.74) is 4.77. The van der Waals surface area contributed by atoms with E-state index in [0.29, 0.717) is 6.54 Å². The molecule has 1 saturated carbocycles. The van der Waals surface area contributed by atoms with Gasteiger partial charge in [-0.25, -0.2) is 14.2 Å². The van der Waals surface area contributed by atoms with Crippen molar-refractivity contribution in [3.8, 4) is 16.9 Å². The number of anilines is 2. The standard InChI is InChI=1S/C31H34FN5O2/c1-19-25(21-8-11-26(32)28(13-21)36-30(38)35-23-15-31(2,3)16-23)12-22-17-33-29(14-27(22)34-19)37(4)18-20-6-9-24(39-5)10-7-20/h6-14,17,23H,15-16,18H2,1-5H3,(H2,35,36,38). The second-order valence-corrected chi connectivity index (χ2v) is 11.1. The van der Waals surface area contributed by atoms with Crippen molar-refractivity contribution in [1.29, 1.82) is 0 Å². The number of hydrogen-bond acceptors (Lipinski definition) is 5.